The molecule has 0 unspecified atom stereocenters. The first-order valence-electron chi connectivity index (χ1n) is 9.23. The minimum Gasteiger partial charge on any atom is -0.393 e. The molecular weight excluding hydrogens is 320 g/mol. The van der Waals surface area contributed by atoms with E-state index in [1.54, 1.807) is 6.92 Å². The standard InChI is InChI=1S/C18H28N4O3/c1-3-25-12-17-19-16-7-11-21(13(2)23)10-6-15(16)18(20-17)22-8-4-14(24)5-9-22/h14,24H,3-12H2,1-2H3. The van der Waals surface area contributed by atoms with Gasteiger partial charge >= 0.3 is 0 Å². The lowest BCUT2D eigenvalue weighted by atomic mass is 10.0. The van der Waals surface area contributed by atoms with Crippen LogP contribution >= 0.6 is 0 Å². The predicted octanol–water partition coefficient (Wildman–Crippen LogP) is 0.921. The SMILES string of the molecule is CCOCc1nc2c(c(N3CCC(O)CC3)n1)CCN(C(C)=O)CC2. The molecule has 25 heavy (non-hydrogen) atoms. The maximum atomic E-state index is 11.8. The molecule has 7 heteroatoms. The van der Waals surface area contributed by atoms with Crippen molar-refractivity contribution in [3.63, 3.8) is 0 Å². The maximum absolute atomic E-state index is 11.8. The third kappa shape index (κ3) is 4.27. The second-order valence-electron chi connectivity index (χ2n) is 6.75. The summed E-state index contributed by atoms with van der Waals surface area (Å²) in [7, 11) is 0. The van der Waals surface area contributed by atoms with Crippen LogP contribution in [0, 0.1) is 0 Å². The Morgan fingerprint density at radius 3 is 2.60 bits per heavy atom. The zero-order valence-electron chi connectivity index (χ0n) is 15.2. The summed E-state index contributed by atoms with van der Waals surface area (Å²) in [6.07, 6.45) is 2.84. The Morgan fingerprint density at radius 2 is 1.92 bits per heavy atom. The number of carbonyl (C=O) groups excluding carboxylic acids is 1. The molecule has 1 amide bonds. The maximum Gasteiger partial charge on any atom is 0.219 e. The molecule has 1 saturated heterocycles. The van der Waals surface area contributed by atoms with Gasteiger partial charge in [-0.25, -0.2) is 9.97 Å². The van der Waals surface area contributed by atoms with Crippen molar-refractivity contribution in [1.82, 2.24) is 14.9 Å². The van der Waals surface area contributed by atoms with Crippen LogP contribution in [0.4, 0.5) is 5.82 Å². The molecule has 0 aromatic carbocycles. The topological polar surface area (TPSA) is 78.8 Å². The fourth-order valence-electron chi connectivity index (χ4n) is 3.54. The lowest BCUT2D eigenvalue weighted by Crippen LogP contribution is -2.37. The molecule has 1 fully saturated rings. The van der Waals surface area contributed by atoms with Gasteiger partial charge in [-0.2, -0.15) is 0 Å². The van der Waals surface area contributed by atoms with Crippen molar-refractivity contribution >= 4 is 11.7 Å². The lowest BCUT2D eigenvalue weighted by molar-refractivity contribution is -0.128. The third-order valence-corrected chi connectivity index (χ3v) is 5.01. The molecule has 2 aliphatic heterocycles. The Bertz CT molecular complexity index is 615. The molecule has 3 heterocycles. The van der Waals surface area contributed by atoms with E-state index in [9.17, 15) is 9.90 Å². The highest BCUT2D eigenvalue weighted by molar-refractivity contribution is 5.73. The largest absolute Gasteiger partial charge is 0.393 e. The minimum absolute atomic E-state index is 0.109. The van der Waals surface area contributed by atoms with Crippen LogP contribution in [0.1, 0.15) is 43.8 Å². The normalized spacial score (nSPS) is 18.8. The number of fused-ring (bicyclic) bond motifs is 1. The van der Waals surface area contributed by atoms with Gasteiger partial charge in [-0.15, -0.1) is 0 Å². The van der Waals surface area contributed by atoms with E-state index in [4.69, 9.17) is 14.7 Å². The molecule has 0 atom stereocenters. The number of aliphatic hydroxyl groups excluding tert-OH is 1. The van der Waals surface area contributed by atoms with E-state index in [0.29, 0.717) is 32.1 Å². The summed E-state index contributed by atoms with van der Waals surface area (Å²) in [5.74, 6) is 1.79. The van der Waals surface area contributed by atoms with Crippen LogP contribution in [0.3, 0.4) is 0 Å². The summed E-state index contributed by atoms with van der Waals surface area (Å²) in [4.78, 5) is 25.4. The number of aliphatic hydroxyl groups is 1. The van der Waals surface area contributed by atoms with E-state index in [1.165, 1.54) is 0 Å². The minimum atomic E-state index is -0.215. The molecule has 3 rings (SSSR count). The number of carbonyl (C=O) groups is 1. The van der Waals surface area contributed by atoms with E-state index < -0.39 is 0 Å². The van der Waals surface area contributed by atoms with Gasteiger partial charge < -0.3 is 19.6 Å². The molecule has 0 bridgehead atoms. The molecule has 1 N–H and O–H groups in total. The van der Waals surface area contributed by atoms with Crippen LogP contribution in [0.5, 0.6) is 0 Å². The second kappa shape index (κ2) is 8.10. The Hall–Kier alpha value is -1.73. The number of nitrogens with zero attached hydrogens (tertiary/aromatic N) is 4. The van der Waals surface area contributed by atoms with Crippen LogP contribution in [0.2, 0.25) is 0 Å². The zero-order chi connectivity index (χ0) is 17.8. The number of piperidine rings is 1. The second-order valence-corrected chi connectivity index (χ2v) is 6.75. The van der Waals surface area contributed by atoms with Crippen LogP contribution in [0.25, 0.3) is 0 Å². The highest BCUT2D eigenvalue weighted by Gasteiger charge is 2.26. The van der Waals surface area contributed by atoms with Gasteiger partial charge in [0.25, 0.3) is 0 Å². The average Bonchev–Trinajstić information content (AvgIpc) is 2.82. The quantitative estimate of drug-likeness (QED) is 0.872. The average molecular weight is 348 g/mol. The van der Waals surface area contributed by atoms with Crippen LogP contribution in [-0.2, 0) is 29.0 Å². The van der Waals surface area contributed by atoms with E-state index in [2.05, 4.69) is 4.90 Å². The highest BCUT2D eigenvalue weighted by atomic mass is 16.5. The van der Waals surface area contributed by atoms with E-state index in [1.807, 2.05) is 11.8 Å². The third-order valence-electron chi connectivity index (χ3n) is 5.01. The molecule has 7 nitrogen and oxygen atoms in total. The summed E-state index contributed by atoms with van der Waals surface area (Å²) in [6, 6.07) is 0. The fraction of sp³-hybridized carbons (Fsp3) is 0.722. The van der Waals surface area contributed by atoms with Gasteiger partial charge in [0, 0.05) is 51.7 Å². The molecule has 2 aliphatic rings. The first kappa shape index (κ1) is 18.1. The molecule has 1 aromatic heterocycles. The van der Waals surface area contributed by atoms with Crippen molar-refractivity contribution in [2.75, 3.05) is 37.7 Å². The van der Waals surface area contributed by atoms with Crippen LogP contribution in [-0.4, -0.2) is 64.8 Å². The lowest BCUT2D eigenvalue weighted by Gasteiger charge is -2.32. The zero-order valence-corrected chi connectivity index (χ0v) is 15.2. The van der Waals surface area contributed by atoms with Gasteiger partial charge in [0.2, 0.25) is 5.91 Å². The van der Waals surface area contributed by atoms with Gasteiger partial charge in [-0.1, -0.05) is 0 Å². The Balaban J connectivity index is 1.91. The van der Waals surface area contributed by atoms with E-state index in [0.717, 1.165) is 55.8 Å². The van der Waals surface area contributed by atoms with Crippen molar-refractivity contribution in [2.45, 2.75) is 52.2 Å². The summed E-state index contributed by atoms with van der Waals surface area (Å²) >= 11 is 0. The van der Waals surface area contributed by atoms with Crippen molar-refractivity contribution in [2.24, 2.45) is 0 Å². The number of ether oxygens (including phenoxy) is 1. The molecule has 138 valence electrons. The fourth-order valence-corrected chi connectivity index (χ4v) is 3.54. The van der Waals surface area contributed by atoms with Gasteiger partial charge in [0.15, 0.2) is 5.82 Å². The van der Waals surface area contributed by atoms with Crippen molar-refractivity contribution in [3.05, 3.63) is 17.1 Å². The summed E-state index contributed by atoms with van der Waals surface area (Å²) in [5.41, 5.74) is 2.19. The molecule has 1 aromatic rings. The Labute approximate surface area is 149 Å². The predicted molar refractivity (Wildman–Crippen MR) is 94.5 cm³/mol. The number of aromatic nitrogens is 2. The summed E-state index contributed by atoms with van der Waals surface area (Å²) < 4.78 is 5.51. The van der Waals surface area contributed by atoms with Crippen molar-refractivity contribution in [1.29, 1.82) is 0 Å². The molecule has 0 aliphatic carbocycles. The molecule has 0 radical (unpaired) electrons. The number of anilines is 1. The summed E-state index contributed by atoms with van der Waals surface area (Å²) in [5, 5.41) is 9.80. The number of rotatable bonds is 4. The molecule has 0 saturated carbocycles. The van der Waals surface area contributed by atoms with E-state index >= 15 is 0 Å². The number of amides is 1. The highest BCUT2D eigenvalue weighted by Crippen LogP contribution is 2.27. The first-order chi connectivity index (χ1) is 12.1. The summed E-state index contributed by atoms with van der Waals surface area (Å²) in [6.45, 7) is 7.62. The van der Waals surface area contributed by atoms with Crippen LogP contribution in [0.15, 0.2) is 0 Å². The van der Waals surface area contributed by atoms with Gasteiger partial charge in [0.05, 0.1) is 11.8 Å². The van der Waals surface area contributed by atoms with Gasteiger partial charge in [-0.3, -0.25) is 4.79 Å². The molecule has 0 spiro atoms. The Morgan fingerprint density at radius 1 is 1.20 bits per heavy atom. The van der Waals surface area contributed by atoms with Crippen molar-refractivity contribution in [3.8, 4) is 0 Å². The number of hydrogen-bond donors (Lipinski definition) is 1. The monoisotopic (exact) mass is 348 g/mol. The van der Waals surface area contributed by atoms with E-state index in [-0.39, 0.29) is 12.0 Å². The van der Waals surface area contributed by atoms with Crippen molar-refractivity contribution < 1.29 is 14.6 Å². The first-order valence-corrected chi connectivity index (χ1v) is 9.23. The molecular formula is C18H28N4O3. The smallest absolute Gasteiger partial charge is 0.219 e. The van der Waals surface area contributed by atoms with Crippen LogP contribution < -0.4 is 4.90 Å². The number of hydrogen-bond acceptors (Lipinski definition) is 6. The van der Waals surface area contributed by atoms with Gasteiger partial charge in [-0.05, 0) is 26.2 Å². The van der Waals surface area contributed by atoms with Gasteiger partial charge in [0.1, 0.15) is 12.4 Å². The Kier molecular flexibility index (Phi) is 5.86.